The zero-order valence-corrected chi connectivity index (χ0v) is 16.8. The third kappa shape index (κ3) is 5.04. The van der Waals surface area contributed by atoms with Gasteiger partial charge in [0.2, 0.25) is 11.8 Å². The molecule has 0 aliphatic carbocycles. The maximum atomic E-state index is 12.8. The highest BCUT2D eigenvalue weighted by atomic mass is 16.2. The predicted octanol–water partition coefficient (Wildman–Crippen LogP) is 3.09. The first-order valence-electron chi connectivity index (χ1n) is 10.6. The average Bonchev–Trinajstić information content (AvgIpc) is 3.37. The number of nitrogens with one attached hydrogen (secondary N) is 1. The fraction of sp³-hybridized carbons (Fsp3) is 0.417. The average molecular weight is 392 g/mol. The van der Waals surface area contributed by atoms with Gasteiger partial charge < -0.3 is 10.2 Å². The van der Waals surface area contributed by atoms with Crippen molar-refractivity contribution in [1.82, 2.24) is 15.1 Å². The summed E-state index contributed by atoms with van der Waals surface area (Å²) in [7, 11) is 0. The topological polar surface area (TPSA) is 52.7 Å². The number of benzene rings is 2. The molecule has 1 atom stereocenters. The van der Waals surface area contributed by atoms with Crippen LogP contribution in [0, 0.1) is 0 Å². The van der Waals surface area contributed by atoms with Crippen LogP contribution in [-0.4, -0.2) is 40.7 Å². The molecule has 2 amide bonds. The highest BCUT2D eigenvalue weighted by Gasteiger charge is 2.30. The van der Waals surface area contributed by atoms with Crippen molar-refractivity contribution in [3.8, 4) is 0 Å². The molecular formula is C24H29N3O2. The van der Waals surface area contributed by atoms with Gasteiger partial charge in [-0.05, 0) is 42.5 Å². The molecule has 2 aromatic rings. The number of nitrogens with zero attached hydrogens (tertiary/aromatic N) is 2. The van der Waals surface area contributed by atoms with Crippen molar-refractivity contribution in [3.63, 3.8) is 0 Å². The van der Waals surface area contributed by atoms with Crippen LogP contribution < -0.4 is 5.32 Å². The number of hydrogen-bond acceptors (Lipinski definition) is 3. The molecule has 2 saturated heterocycles. The number of carbonyl (C=O) groups excluding carboxylic acids is 2. The lowest BCUT2D eigenvalue weighted by Crippen LogP contribution is -2.42. The molecule has 29 heavy (non-hydrogen) atoms. The van der Waals surface area contributed by atoms with Crippen LogP contribution in [0.5, 0.6) is 0 Å². The normalized spacial score (nSPS) is 19.7. The first kappa shape index (κ1) is 19.6. The molecule has 1 N–H and O–H groups in total. The standard InChI is InChI=1S/C24H29N3O2/c28-23-9-5-15-27(23)18-21-12-10-19(11-13-21)16-25-24(29)22-8-4-14-26(22)17-20-6-2-1-3-7-20/h1-3,6-7,10-13,22H,4-5,8-9,14-18H2,(H,25,29). The number of rotatable bonds is 7. The molecule has 0 bridgehead atoms. The van der Waals surface area contributed by atoms with Crippen molar-refractivity contribution < 1.29 is 9.59 Å². The van der Waals surface area contributed by atoms with Gasteiger partial charge in [-0.2, -0.15) is 0 Å². The van der Waals surface area contributed by atoms with Crippen LogP contribution in [0.2, 0.25) is 0 Å². The molecule has 2 aliphatic heterocycles. The van der Waals surface area contributed by atoms with Crippen molar-refractivity contribution in [2.24, 2.45) is 0 Å². The van der Waals surface area contributed by atoms with Crippen LogP contribution in [0.1, 0.15) is 42.4 Å². The molecule has 5 nitrogen and oxygen atoms in total. The van der Waals surface area contributed by atoms with E-state index >= 15 is 0 Å². The van der Waals surface area contributed by atoms with Crippen molar-refractivity contribution >= 4 is 11.8 Å². The van der Waals surface area contributed by atoms with Gasteiger partial charge in [0.05, 0.1) is 6.04 Å². The Balaban J connectivity index is 1.28. The van der Waals surface area contributed by atoms with Crippen LogP contribution in [-0.2, 0) is 29.2 Å². The van der Waals surface area contributed by atoms with Gasteiger partial charge in [0.25, 0.3) is 0 Å². The van der Waals surface area contributed by atoms with E-state index in [1.807, 2.05) is 35.2 Å². The molecule has 4 rings (SSSR count). The van der Waals surface area contributed by atoms with Gasteiger partial charge in [-0.15, -0.1) is 0 Å². The second-order valence-corrected chi connectivity index (χ2v) is 8.07. The van der Waals surface area contributed by atoms with E-state index < -0.39 is 0 Å². The maximum absolute atomic E-state index is 12.8. The second-order valence-electron chi connectivity index (χ2n) is 8.07. The van der Waals surface area contributed by atoms with Crippen LogP contribution in [0.3, 0.4) is 0 Å². The Labute approximate surface area is 172 Å². The lowest BCUT2D eigenvalue weighted by molar-refractivity contribution is -0.128. The first-order chi connectivity index (χ1) is 14.2. The van der Waals surface area contributed by atoms with E-state index in [1.165, 1.54) is 5.56 Å². The smallest absolute Gasteiger partial charge is 0.237 e. The minimum Gasteiger partial charge on any atom is -0.351 e. The molecule has 0 spiro atoms. The van der Waals surface area contributed by atoms with Crippen molar-refractivity contribution in [2.45, 2.75) is 51.4 Å². The monoisotopic (exact) mass is 391 g/mol. The van der Waals surface area contributed by atoms with E-state index in [4.69, 9.17) is 0 Å². The molecule has 1 unspecified atom stereocenters. The van der Waals surface area contributed by atoms with E-state index in [0.717, 1.165) is 50.0 Å². The second kappa shape index (κ2) is 9.23. The third-order valence-electron chi connectivity index (χ3n) is 5.93. The number of likely N-dealkylation sites (tertiary alicyclic amines) is 2. The van der Waals surface area contributed by atoms with E-state index in [9.17, 15) is 9.59 Å². The highest BCUT2D eigenvalue weighted by molar-refractivity contribution is 5.82. The van der Waals surface area contributed by atoms with Crippen LogP contribution in [0.15, 0.2) is 54.6 Å². The summed E-state index contributed by atoms with van der Waals surface area (Å²) in [6.45, 7) is 3.87. The number of carbonyl (C=O) groups is 2. The maximum Gasteiger partial charge on any atom is 0.237 e. The van der Waals surface area contributed by atoms with Gasteiger partial charge in [0, 0.05) is 32.6 Å². The van der Waals surface area contributed by atoms with E-state index in [2.05, 4.69) is 34.5 Å². The molecule has 0 aromatic heterocycles. The fourth-order valence-electron chi connectivity index (χ4n) is 4.29. The Kier molecular flexibility index (Phi) is 6.25. The summed E-state index contributed by atoms with van der Waals surface area (Å²) in [5.74, 6) is 0.364. The van der Waals surface area contributed by atoms with Crippen molar-refractivity contribution in [3.05, 3.63) is 71.3 Å². The molecule has 2 aliphatic rings. The SMILES string of the molecule is O=C(NCc1ccc(CN2CCCC2=O)cc1)C1CCCN1Cc1ccccc1. The molecule has 0 radical (unpaired) electrons. The van der Waals surface area contributed by atoms with Gasteiger partial charge in [0.1, 0.15) is 0 Å². The third-order valence-corrected chi connectivity index (χ3v) is 5.93. The predicted molar refractivity (Wildman–Crippen MR) is 113 cm³/mol. The Morgan fingerprint density at radius 1 is 0.897 bits per heavy atom. The van der Waals surface area contributed by atoms with E-state index in [0.29, 0.717) is 19.5 Å². The van der Waals surface area contributed by atoms with Gasteiger partial charge in [-0.25, -0.2) is 0 Å². The Hall–Kier alpha value is -2.66. The van der Waals surface area contributed by atoms with Crippen LogP contribution in [0.25, 0.3) is 0 Å². The molecule has 5 heteroatoms. The Bertz CT molecular complexity index is 835. The molecule has 0 saturated carbocycles. The Morgan fingerprint density at radius 3 is 2.34 bits per heavy atom. The number of amides is 2. The van der Waals surface area contributed by atoms with Gasteiger partial charge in [-0.1, -0.05) is 54.6 Å². The Morgan fingerprint density at radius 2 is 1.62 bits per heavy atom. The lowest BCUT2D eigenvalue weighted by Gasteiger charge is -2.23. The van der Waals surface area contributed by atoms with Gasteiger partial charge in [-0.3, -0.25) is 14.5 Å². The number of hydrogen-bond donors (Lipinski definition) is 1. The summed E-state index contributed by atoms with van der Waals surface area (Å²) in [5.41, 5.74) is 3.47. The van der Waals surface area contributed by atoms with Gasteiger partial charge >= 0.3 is 0 Å². The summed E-state index contributed by atoms with van der Waals surface area (Å²) < 4.78 is 0. The molecular weight excluding hydrogens is 362 g/mol. The van der Waals surface area contributed by atoms with Crippen molar-refractivity contribution in [2.75, 3.05) is 13.1 Å². The summed E-state index contributed by atoms with van der Waals surface area (Å²) in [5, 5.41) is 3.11. The zero-order chi connectivity index (χ0) is 20.1. The lowest BCUT2D eigenvalue weighted by atomic mass is 10.1. The summed E-state index contributed by atoms with van der Waals surface area (Å²) in [6.07, 6.45) is 3.62. The van der Waals surface area contributed by atoms with Gasteiger partial charge in [0.15, 0.2) is 0 Å². The van der Waals surface area contributed by atoms with Crippen LogP contribution in [0.4, 0.5) is 0 Å². The zero-order valence-electron chi connectivity index (χ0n) is 16.8. The minimum atomic E-state index is -0.0457. The fourth-order valence-corrected chi connectivity index (χ4v) is 4.29. The summed E-state index contributed by atoms with van der Waals surface area (Å²) in [6, 6.07) is 18.5. The van der Waals surface area contributed by atoms with Crippen molar-refractivity contribution in [1.29, 1.82) is 0 Å². The highest BCUT2D eigenvalue weighted by Crippen LogP contribution is 2.20. The quantitative estimate of drug-likeness (QED) is 0.789. The summed E-state index contributed by atoms with van der Waals surface area (Å²) >= 11 is 0. The van der Waals surface area contributed by atoms with E-state index in [1.54, 1.807) is 0 Å². The van der Waals surface area contributed by atoms with Crippen LogP contribution >= 0.6 is 0 Å². The largest absolute Gasteiger partial charge is 0.351 e. The summed E-state index contributed by atoms with van der Waals surface area (Å²) in [4.78, 5) is 28.7. The first-order valence-corrected chi connectivity index (χ1v) is 10.6. The molecule has 2 heterocycles. The molecule has 2 aromatic carbocycles. The molecule has 2 fully saturated rings. The van der Waals surface area contributed by atoms with E-state index in [-0.39, 0.29) is 17.9 Å². The molecule has 152 valence electrons. The minimum absolute atomic E-state index is 0.0457.